The zero-order valence-electron chi connectivity index (χ0n) is 13.9. The van der Waals surface area contributed by atoms with Crippen LogP contribution in [0, 0.1) is 5.92 Å². The maximum Gasteiger partial charge on any atom is 0.0415 e. The van der Waals surface area contributed by atoms with Gasteiger partial charge in [-0.2, -0.15) is 0 Å². The standard InChI is InChI=1S/C21H26ClN/c1-2-15-5-3-6-17(9-15)18-7-4-8-19(12-18)20-10-16(14-23)11-21(22)13-20/h4,7-8,10-13,15,17H,2-3,5-6,9,14,23H2,1H3. The molecule has 0 aromatic heterocycles. The Morgan fingerprint density at radius 2 is 1.96 bits per heavy atom. The van der Waals surface area contributed by atoms with Gasteiger partial charge in [0.15, 0.2) is 0 Å². The minimum absolute atomic E-state index is 0.522. The van der Waals surface area contributed by atoms with Crippen LogP contribution in [0.5, 0.6) is 0 Å². The van der Waals surface area contributed by atoms with E-state index >= 15 is 0 Å². The third kappa shape index (κ3) is 3.97. The molecule has 1 aliphatic rings. The second-order valence-corrected chi connectivity index (χ2v) is 7.25. The van der Waals surface area contributed by atoms with Crippen LogP contribution in [0.4, 0.5) is 0 Å². The average Bonchev–Trinajstić information content (AvgIpc) is 2.61. The topological polar surface area (TPSA) is 26.0 Å². The van der Waals surface area contributed by atoms with E-state index in [-0.39, 0.29) is 0 Å². The van der Waals surface area contributed by atoms with E-state index < -0.39 is 0 Å². The van der Waals surface area contributed by atoms with Crippen LogP contribution in [-0.4, -0.2) is 0 Å². The van der Waals surface area contributed by atoms with Crippen molar-refractivity contribution in [2.45, 2.75) is 51.5 Å². The molecule has 1 nitrogen and oxygen atoms in total. The van der Waals surface area contributed by atoms with Gasteiger partial charge in [-0.15, -0.1) is 0 Å². The Morgan fingerprint density at radius 3 is 2.74 bits per heavy atom. The molecule has 122 valence electrons. The number of rotatable bonds is 4. The van der Waals surface area contributed by atoms with Gasteiger partial charge in [0.25, 0.3) is 0 Å². The van der Waals surface area contributed by atoms with Crippen molar-refractivity contribution in [2.24, 2.45) is 11.7 Å². The highest BCUT2D eigenvalue weighted by atomic mass is 35.5. The molecule has 2 N–H and O–H groups in total. The lowest BCUT2D eigenvalue weighted by atomic mass is 9.76. The van der Waals surface area contributed by atoms with Crippen LogP contribution in [0.15, 0.2) is 42.5 Å². The maximum atomic E-state index is 6.25. The number of halogens is 1. The van der Waals surface area contributed by atoms with Crippen LogP contribution in [0.25, 0.3) is 11.1 Å². The summed E-state index contributed by atoms with van der Waals surface area (Å²) < 4.78 is 0. The van der Waals surface area contributed by atoms with Crippen molar-refractivity contribution in [3.63, 3.8) is 0 Å². The van der Waals surface area contributed by atoms with E-state index in [2.05, 4.69) is 37.3 Å². The predicted octanol–water partition coefficient (Wildman–Crippen LogP) is 6.15. The maximum absolute atomic E-state index is 6.25. The lowest BCUT2D eigenvalue weighted by Crippen LogP contribution is -2.13. The van der Waals surface area contributed by atoms with Crippen LogP contribution < -0.4 is 5.73 Å². The van der Waals surface area contributed by atoms with Crippen molar-refractivity contribution in [2.75, 3.05) is 0 Å². The summed E-state index contributed by atoms with van der Waals surface area (Å²) in [7, 11) is 0. The Labute approximate surface area is 144 Å². The van der Waals surface area contributed by atoms with Crippen LogP contribution in [0.2, 0.25) is 5.02 Å². The van der Waals surface area contributed by atoms with Gasteiger partial charge in [0.1, 0.15) is 0 Å². The zero-order chi connectivity index (χ0) is 16.2. The Kier molecular flexibility index (Phi) is 5.40. The van der Waals surface area contributed by atoms with E-state index in [0.717, 1.165) is 16.5 Å². The van der Waals surface area contributed by atoms with Gasteiger partial charge in [-0.05, 0) is 65.1 Å². The van der Waals surface area contributed by atoms with E-state index in [1.807, 2.05) is 12.1 Å². The second kappa shape index (κ2) is 7.51. The fourth-order valence-corrected chi connectivity index (χ4v) is 4.13. The Morgan fingerprint density at radius 1 is 1.09 bits per heavy atom. The van der Waals surface area contributed by atoms with Gasteiger partial charge in [0, 0.05) is 11.6 Å². The molecule has 0 amide bonds. The molecule has 0 heterocycles. The Bertz CT molecular complexity index is 665. The summed E-state index contributed by atoms with van der Waals surface area (Å²) >= 11 is 6.25. The predicted molar refractivity (Wildman–Crippen MR) is 99.8 cm³/mol. The molecule has 1 fully saturated rings. The Balaban J connectivity index is 1.89. The smallest absolute Gasteiger partial charge is 0.0415 e. The monoisotopic (exact) mass is 327 g/mol. The average molecular weight is 328 g/mol. The van der Waals surface area contributed by atoms with Gasteiger partial charge in [-0.3, -0.25) is 0 Å². The first-order valence-electron chi connectivity index (χ1n) is 8.79. The minimum Gasteiger partial charge on any atom is -0.326 e. The molecule has 0 bridgehead atoms. The van der Waals surface area contributed by atoms with Crippen LogP contribution in [0.1, 0.15) is 56.1 Å². The van der Waals surface area contributed by atoms with Crippen LogP contribution >= 0.6 is 11.6 Å². The number of benzene rings is 2. The SMILES string of the molecule is CCC1CCCC(c2cccc(-c3cc(Cl)cc(CN)c3)c2)C1. The van der Waals surface area contributed by atoms with E-state index in [9.17, 15) is 0 Å². The Hall–Kier alpha value is -1.31. The van der Waals surface area contributed by atoms with Gasteiger partial charge >= 0.3 is 0 Å². The largest absolute Gasteiger partial charge is 0.326 e. The van der Waals surface area contributed by atoms with Crippen molar-refractivity contribution >= 4 is 11.6 Å². The van der Waals surface area contributed by atoms with Gasteiger partial charge in [0.05, 0.1) is 0 Å². The molecule has 0 saturated heterocycles. The lowest BCUT2D eigenvalue weighted by molar-refractivity contribution is 0.314. The quantitative estimate of drug-likeness (QED) is 0.716. The molecule has 0 spiro atoms. The van der Waals surface area contributed by atoms with Gasteiger partial charge in [0.2, 0.25) is 0 Å². The molecule has 2 heteroatoms. The summed E-state index contributed by atoms with van der Waals surface area (Å²) in [5.41, 5.74) is 10.8. The molecule has 0 radical (unpaired) electrons. The number of hydrogen-bond donors (Lipinski definition) is 1. The normalized spacial score (nSPS) is 21.3. The first-order valence-corrected chi connectivity index (χ1v) is 9.17. The van der Waals surface area contributed by atoms with Crippen molar-refractivity contribution in [3.8, 4) is 11.1 Å². The first-order chi connectivity index (χ1) is 11.2. The summed E-state index contributed by atoms with van der Waals surface area (Å²) in [6.07, 6.45) is 6.74. The molecule has 23 heavy (non-hydrogen) atoms. The fraction of sp³-hybridized carbons (Fsp3) is 0.429. The van der Waals surface area contributed by atoms with Crippen molar-refractivity contribution in [3.05, 3.63) is 58.6 Å². The molecule has 1 aliphatic carbocycles. The number of nitrogens with two attached hydrogens (primary N) is 1. The lowest BCUT2D eigenvalue weighted by Gasteiger charge is -2.29. The summed E-state index contributed by atoms with van der Waals surface area (Å²) in [6, 6.07) is 15.1. The molecule has 0 aliphatic heterocycles. The van der Waals surface area contributed by atoms with E-state index in [1.54, 1.807) is 0 Å². The summed E-state index contributed by atoms with van der Waals surface area (Å²) in [5, 5.41) is 0.761. The van der Waals surface area contributed by atoms with E-state index in [1.165, 1.54) is 48.8 Å². The van der Waals surface area contributed by atoms with Gasteiger partial charge in [-0.25, -0.2) is 0 Å². The third-order valence-electron chi connectivity index (χ3n) is 5.24. The van der Waals surface area contributed by atoms with Gasteiger partial charge in [-0.1, -0.05) is 62.1 Å². The third-order valence-corrected chi connectivity index (χ3v) is 5.46. The first kappa shape index (κ1) is 16.5. The van der Waals surface area contributed by atoms with Crippen LogP contribution in [-0.2, 0) is 6.54 Å². The highest BCUT2D eigenvalue weighted by Crippen LogP contribution is 2.38. The van der Waals surface area contributed by atoms with E-state index in [4.69, 9.17) is 17.3 Å². The molecule has 1 saturated carbocycles. The molecule has 2 aromatic rings. The van der Waals surface area contributed by atoms with Crippen molar-refractivity contribution < 1.29 is 0 Å². The fourth-order valence-electron chi connectivity index (χ4n) is 3.87. The zero-order valence-corrected chi connectivity index (χ0v) is 14.7. The van der Waals surface area contributed by atoms with Gasteiger partial charge < -0.3 is 5.73 Å². The molecule has 2 unspecified atom stereocenters. The second-order valence-electron chi connectivity index (χ2n) is 6.82. The summed E-state index contributed by atoms with van der Waals surface area (Å²) in [6.45, 7) is 2.85. The minimum atomic E-state index is 0.522. The molecule has 2 aromatic carbocycles. The van der Waals surface area contributed by atoms with Crippen molar-refractivity contribution in [1.29, 1.82) is 0 Å². The molecule has 3 rings (SSSR count). The van der Waals surface area contributed by atoms with Crippen molar-refractivity contribution in [1.82, 2.24) is 0 Å². The summed E-state index contributed by atoms with van der Waals surface area (Å²) in [4.78, 5) is 0. The molecule has 2 atom stereocenters. The summed E-state index contributed by atoms with van der Waals surface area (Å²) in [5.74, 6) is 1.61. The van der Waals surface area contributed by atoms with Crippen LogP contribution in [0.3, 0.4) is 0 Å². The molecular weight excluding hydrogens is 302 g/mol. The molecular formula is C21H26ClN. The number of hydrogen-bond acceptors (Lipinski definition) is 1. The highest BCUT2D eigenvalue weighted by Gasteiger charge is 2.22. The van der Waals surface area contributed by atoms with E-state index in [0.29, 0.717) is 12.5 Å². The highest BCUT2D eigenvalue weighted by molar-refractivity contribution is 6.31.